The summed E-state index contributed by atoms with van der Waals surface area (Å²) in [5.41, 5.74) is 0.806. The summed E-state index contributed by atoms with van der Waals surface area (Å²) in [5, 5.41) is 4.25. The first kappa shape index (κ1) is 12.1. The third kappa shape index (κ3) is 2.84. The SMILES string of the molecule is Clc1cccc(NCc2ccc(I)o2)c1Cl. The molecule has 0 spiro atoms. The third-order valence-corrected chi connectivity index (χ3v) is 3.43. The van der Waals surface area contributed by atoms with E-state index in [0.717, 1.165) is 15.2 Å². The van der Waals surface area contributed by atoms with Crippen molar-refractivity contribution in [1.29, 1.82) is 0 Å². The van der Waals surface area contributed by atoms with Crippen molar-refractivity contribution in [3.05, 3.63) is 49.9 Å². The van der Waals surface area contributed by atoms with Gasteiger partial charge in [-0.3, -0.25) is 0 Å². The minimum Gasteiger partial charge on any atom is -0.454 e. The van der Waals surface area contributed by atoms with Crippen LogP contribution in [0.2, 0.25) is 10.0 Å². The average molecular weight is 368 g/mol. The van der Waals surface area contributed by atoms with Crippen molar-refractivity contribution in [3.8, 4) is 0 Å². The first-order chi connectivity index (χ1) is 7.66. The molecule has 0 aliphatic carbocycles. The van der Waals surface area contributed by atoms with Gasteiger partial charge < -0.3 is 9.73 Å². The summed E-state index contributed by atoms with van der Waals surface area (Å²) in [7, 11) is 0. The molecule has 0 bridgehead atoms. The van der Waals surface area contributed by atoms with Crippen molar-refractivity contribution >= 4 is 51.5 Å². The lowest BCUT2D eigenvalue weighted by Gasteiger charge is -2.07. The second-order valence-corrected chi connectivity index (χ2v) is 5.01. The molecular formula is C11H8Cl2INO. The van der Waals surface area contributed by atoms with Gasteiger partial charge in [0.1, 0.15) is 5.76 Å². The highest BCUT2D eigenvalue weighted by molar-refractivity contribution is 14.1. The number of hydrogen-bond donors (Lipinski definition) is 1. The van der Waals surface area contributed by atoms with Crippen LogP contribution < -0.4 is 5.32 Å². The van der Waals surface area contributed by atoms with Crippen molar-refractivity contribution < 1.29 is 4.42 Å². The molecular weight excluding hydrogens is 360 g/mol. The number of halogens is 3. The largest absolute Gasteiger partial charge is 0.454 e. The Kier molecular flexibility index (Phi) is 4.00. The predicted octanol–water partition coefficient (Wildman–Crippen LogP) is 4.80. The zero-order valence-corrected chi connectivity index (χ0v) is 11.8. The topological polar surface area (TPSA) is 25.2 Å². The van der Waals surface area contributed by atoms with Gasteiger partial charge in [0.25, 0.3) is 0 Å². The molecule has 0 amide bonds. The van der Waals surface area contributed by atoms with Gasteiger partial charge in [0.2, 0.25) is 0 Å². The van der Waals surface area contributed by atoms with Crippen LogP contribution >= 0.6 is 45.8 Å². The molecule has 2 aromatic rings. The van der Waals surface area contributed by atoms with Gasteiger partial charge in [-0.15, -0.1) is 0 Å². The van der Waals surface area contributed by atoms with E-state index >= 15 is 0 Å². The second kappa shape index (κ2) is 5.29. The number of furan rings is 1. The Morgan fingerprint density at radius 2 is 2.00 bits per heavy atom. The van der Waals surface area contributed by atoms with Gasteiger partial charge >= 0.3 is 0 Å². The van der Waals surface area contributed by atoms with Crippen molar-refractivity contribution in [2.45, 2.75) is 6.54 Å². The summed E-state index contributed by atoms with van der Waals surface area (Å²) < 4.78 is 6.29. The van der Waals surface area contributed by atoms with Gasteiger partial charge in [0.15, 0.2) is 3.77 Å². The standard InChI is InChI=1S/C11H8Cl2INO/c12-8-2-1-3-9(11(8)13)15-6-7-4-5-10(14)16-7/h1-5,15H,6H2. The Hall–Kier alpha value is -0.390. The van der Waals surface area contributed by atoms with E-state index in [-0.39, 0.29) is 0 Å². The molecule has 0 fully saturated rings. The van der Waals surface area contributed by atoms with Crippen LogP contribution in [-0.4, -0.2) is 0 Å². The van der Waals surface area contributed by atoms with E-state index in [1.807, 2.05) is 24.3 Å². The monoisotopic (exact) mass is 367 g/mol. The molecule has 2 nitrogen and oxygen atoms in total. The lowest BCUT2D eigenvalue weighted by atomic mass is 10.3. The van der Waals surface area contributed by atoms with E-state index in [4.69, 9.17) is 27.6 Å². The van der Waals surface area contributed by atoms with E-state index in [9.17, 15) is 0 Å². The van der Waals surface area contributed by atoms with Crippen LogP contribution in [0.15, 0.2) is 34.7 Å². The van der Waals surface area contributed by atoms with Gasteiger partial charge in [-0.25, -0.2) is 0 Å². The zero-order chi connectivity index (χ0) is 11.5. The van der Waals surface area contributed by atoms with Crippen molar-refractivity contribution in [2.24, 2.45) is 0 Å². The molecule has 2 rings (SSSR count). The van der Waals surface area contributed by atoms with Crippen LogP contribution in [0.4, 0.5) is 5.69 Å². The Morgan fingerprint density at radius 3 is 2.69 bits per heavy atom. The fourth-order valence-corrected chi connectivity index (χ4v) is 2.10. The average Bonchev–Trinajstić information content (AvgIpc) is 2.67. The number of benzene rings is 1. The predicted molar refractivity (Wildman–Crippen MR) is 75.2 cm³/mol. The summed E-state index contributed by atoms with van der Waals surface area (Å²) in [6.45, 7) is 0.586. The molecule has 1 N–H and O–H groups in total. The summed E-state index contributed by atoms with van der Waals surface area (Å²) >= 11 is 14.1. The van der Waals surface area contributed by atoms with E-state index in [1.165, 1.54) is 0 Å². The fraction of sp³-hybridized carbons (Fsp3) is 0.0909. The molecule has 16 heavy (non-hydrogen) atoms. The fourth-order valence-electron chi connectivity index (χ4n) is 1.27. The minimum atomic E-state index is 0.533. The Bertz CT molecular complexity index is 498. The molecule has 0 aliphatic rings. The van der Waals surface area contributed by atoms with Crippen LogP contribution in [-0.2, 0) is 6.54 Å². The highest BCUT2D eigenvalue weighted by Gasteiger charge is 2.05. The summed E-state index contributed by atoms with van der Waals surface area (Å²) in [5.74, 6) is 0.862. The highest BCUT2D eigenvalue weighted by atomic mass is 127. The van der Waals surface area contributed by atoms with E-state index in [1.54, 1.807) is 6.07 Å². The molecule has 1 heterocycles. The molecule has 0 aliphatic heterocycles. The van der Waals surface area contributed by atoms with Gasteiger partial charge in [-0.05, 0) is 46.9 Å². The van der Waals surface area contributed by atoms with Crippen LogP contribution in [0.3, 0.4) is 0 Å². The van der Waals surface area contributed by atoms with Crippen molar-refractivity contribution in [3.63, 3.8) is 0 Å². The van der Waals surface area contributed by atoms with Crippen molar-refractivity contribution in [2.75, 3.05) is 5.32 Å². The lowest BCUT2D eigenvalue weighted by molar-refractivity contribution is 0.493. The van der Waals surface area contributed by atoms with Crippen LogP contribution in [0.1, 0.15) is 5.76 Å². The molecule has 0 saturated carbocycles. The summed E-state index contributed by atoms with van der Waals surface area (Å²) in [6, 6.07) is 9.32. The molecule has 0 radical (unpaired) electrons. The van der Waals surface area contributed by atoms with Gasteiger partial charge in [-0.1, -0.05) is 29.3 Å². The maximum absolute atomic E-state index is 6.04. The van der Waals surface area contributed by atoms with Crippen molar-refractivity contribution in [1.82, 2.24) is 0 Å². The smallest absolute Gasteiger partial charge is 0.164 e. The second-order valence-electron chi connectivity index (χ2n) is 3.16. The maximum Gasteiger partial charge on any atom is 0.164 e. The highest BCUT2D eigenvalue weighted by Crippen LogP contribution is 2.29. The lowest BCUT2D eigenvalue weighted by Crippen LogP contribution is -1.98. The molecule has 5 heteroatoms. The maximum atomic E-state index is 6.04. The Balaban J connectivity index is 2.07. The molecule has 0 atom stereocenters. The van der Waals surface area contributed by atoms with E-state index < -0.39 is 0 Å². The van der Waals surface area contributed by atoms with Crippen LogP contribution in [0.25, 0.3) is 0 Å². The summed E-state index contributed by atoms with van der Waals surface area (Å²) in [6.07, 6.45) is 0. The number of anilines is 1. The number of hydrogen-bond acceptors (Lipinski definition) is 2. The first-order valence-electron chi connectivity index (χ1n) is 4.59. The zero-order valence-electron chi connectivity index (χ0n) is 8.14. The van der Waals surface area contributed by atoms with E-state index in [0.29, 0.717) is 16.6 Å². The van der Waals surface area contributed by atoms with Gasteiger partial charge in [-0.2, -0.15) is 0 Å². The minimum absolute atomic E-state index is 0.533. The number of rotatable bonds is 3. The van der Waals surface area contributed by atoms with E-state index in [2.05, 4.69) is 27.9 Å². The van der Waals surface area contributed by atoms with Gasteiger partial charge in [0, 0.05) is 0 Å². The molecule has 1 aromatic heterocycles. The molecule has 1 aromatic carbocycles. The molecule has 84 valence electrons. The normalized spacial score (nSPS) is 10.4. The molecule has 0 saturated heterocycles. The number of nitrogens with one attached hydrogen (secondary N) is 1. The first-order valence-corrected chi connectivity index (χ1v) is 6.42. The summed E-state index contributed by atoms with van der Waals surface area (Å²) in [4.78, 5) is 0. The Labute approximate surface area is 117 Å². The quantitative estimate of drug-likeness (QED) is 0.788. The van der Waals surface area contributed by atoms with Gasteiger partial charge in [0.05, 0.1) is 22.3 Å². The Morgan fingerprint density at radius 1 is 1.19 bits per heavy atom. The van der Waals surface area contributed by atoms with Crippen LogP contribution in [0.5, 0.6) is 0 Å². The van der Waals surface area contributed by atoms with Crippen LogP contribution in [0, 0.1) is 3.77 Å². The third-order valence-electron chi connectivity index (χ3n) is 2.03. The molecule has 0 unspecified atom stereocenters.